The largest absolute Gasteiger partial charge is 0.462 e. The number of aliphatic hydroxyl groups excluding tert-OH is 1. The summed E-state index contributed by atoms with van der Waals surface area (Å²) < 4.78 is 6.40. The molecule has 1 atom stereocenters. The first-order chi connectivity index (χ1) is 12.0. The summed E-state index contributed by atoms with van der Waals surface area (Å²) in [5.41, 5.74) is 1.02. The molecule has 130 valence electrons. The highest BCUT2D eigenvalue weighted by Crippen LogP contribution is 2.27. The summed E-state index contributed by atoms with van der Waals surface area (Å²) in [7, 11) is 0. The van der Waals surface area contributed by atoms with Crippen LogP contribution in [0.5, 0.6) is 0 Å². The number of nitrogens with zero attached hydrogens (tertiary/aromatic N) is 2. The van der Waals surface area contributed by atoms with Crippen molar-refractivity contribution < 1.29 is 14.6 Å². The quantitative estimate of drug-likeness (QED) is 0.709. The monoisotopic (exact) mass is 358 g/mol. The van der Waals surface area contributed by atoms with Crippen molar-refractivity contribution in [3.05, 3.63) is 63.0 Å². The number of thiophene rings is 1. The van der Waals surface area contributed by atoms with Crippen molar-refractivity contribution in [1.29, 1.82) is 0 Å². The average Bonchev–Trinajstić information content (AvgIpc) is 2.96. The first kappa shape index (κ1) is 17.3. The summed E-state index contributed by atoms with van der Waals surface area (Å²) in [5.74, 6) is -0.446. The highest BCUT2D eigenvalue weighted by molar-refractivity contribution is 7.20. The average molecular weight is 358 g/mol. The number of hydrogen-bond acceptors (Lipinski definition) is 6. The standard InChI is InChI=1S/C18H18N2O4S/c1-3-24-18(23)15-11(2)14-16(25-15)19-10-20(17(14)22)9-13(21)12-7-5-4-6-8-12/h4-8,10,13,21H,3,9H2,1-2H3. The second kappa shape index (κ2) is 7.16. The van der Waals surface area contributed by atoms with Crippen molar-refractivity contribution in [3.8, 4) is 0 Å². The Hall–Kier alpha value is -2.51. The molecule has 2 aromatic heterocycles. The number of esters is 1. The smallest absolute Gasteiger partial charge is 0.348 e. The zero-order valence-electron chi connectivity index (χ0n) is 13.9. The van der Waals surface area contributed by atoms with Gasteiger partial charge in [0.15, 0.2) is 0 Å². The van der Waals surface area contributed by atoms with Crippen LogP contribution in [0.25, 0.3) is 10.2 Å². The molecule has 0 amide bonds. The van der Waals surface area contributed by atoms with E-state index >= 15 is 0 Å². The van der Waals surface area contributed by atoms with E-state index in [0.717, 1.165) is 16.9 Å². The third kappa shape index (κ3) is 3.33. The zero-order chi connectivity index (χ0) is 18.0. The fraction of sp³-hybridized carbons (Fsp3) is 0.278. The van der Waals surface area contributed by atoms with Gasteiger partial charge in [-0.3, -0.25) is 9.36 Å². The molecule has 25 heavy (non-hydrogen) atoms. The predicted molar refractivity (Wildman–Crippen MR) is 96.0 cm³/mol. The van der Waals surface area contributed by atoms with Crippen LogP contribution in [0.2, 0.25) is 0 Å². The minimum atomic E-state index is -0.818. The van der Waals surface area contributed by atoms with Gasteiger partial charge >= 0.3 is 5.97 Å². The number of aliphatic hydroxyl groups is 1. The topological polar surface area (TPSA) is 81.4 Å². The van der Waals surface area contributed by atoms with Gasteiger partial charge in [0.2, 0.25) is 0 Å². The van der Waals surface area contributed by atoms with Crippen molar-refractivity contribution >= 4 is 27.5 Å². The maximum atomic E-state index is 12.8. The van der Waals surface area contributed by atoms with Gasteiger partial charge in [0.25, 0.3) is 5.56 Å². The molecule has 0 aliphatic heterocycles. The highest BCUT2D eigenvalue weighted by atomic mass is 32.1. The minimum absolute atomic E-state index is 0.0931. The SMILES string of the molecule is CCOC(=O)c1sc2ncn(CC(O)c3ccccc3)c(=O)c2c1C. The van der Waals surface area contributed by atoms with E-state index < -0.39 is 12.1 Å². The van der Waals surface area contributed by atoms with E-state index in [1.165, 1.54) is 10.9 Å². The van der Waals surface area contributed by atoms with Crippen molar-refractivity contribution in [3.63, 3.8) is 0 Å². The van der Waals surface area contributed by atoms with Crippen LogP contribution in [0.15, 0.2) is 41.5 Å². The van der Waals surface area contributed by atoms with Crippen molar-refractivity contribution in [2.24, 2.45) is 0 Å². The van der Waals surface area contributed by atoms with Gasteiger partial charge < -0.3 is 9.84 Å². The number of aromatic nitrogens is 2. The van der Waals surface area contributed by atoms with Gasteiger partial charge in [-0.15, -0.1) is 11.3 Å². The molecule has 1 aromatic carbocycles. The Morgan fingerprint density at radius 3 is 2.76 bits per heavy atom. The molecular weight excluding hydrogens is 340 g/mol. The van der Waals surface area contributed by atoms with E-state index in [9.17, 15) is 14.7 Å². The molecule has 0 saturated carbocycles. The molecule has 1 unspecified atom stereocenters. The molecular formula is C18H18N2O4S. The molecule has 0 saturated heterocycles. The molecule has 0 aliphatic rings. The lowest BCUT2D eigenvalue weighted by atomic mass is 10.1. The molecule has 3 rings (SSSR count). The number of rotatable bonds is 5. The van der Waals surface area contributed by atoms with Crippen LogP contribution in [-0.4, -0.2) is 27.2 Å². The molecule has 0 radical (unpaired) electrons. The number of carbonyl (C=O) groups is 1. The molecule has 3 aromatic rings. The van der Waals surface area contributed by atoms with E-state index in [1.54, 1.807) is 26.0 Å². The highest BCUT2D eigenvalue weighted by Gasteiger charge is 2.21. The molecule has 0 fully saturated rings. The number of aryl methyl sites for hydroxylation is 1. The Bertz CT molecular complexity index is 962. The Morgan fingerprint density at radius 1 is 1.36 bits per heavy atom. The predicted octanol–water partition coefficient (Wildman–Crippen LogP) is 2.68. The van der Waals surface area contributed by atoms with Crippen molar-refractivity contribution in [2.75, 3.05) is 6.61 Å². The lowest BCUT2D eigenvalue weighted by Crippen LogP contribution is -2.23. The molecule has 7 heteroatoms. The second-order valence-electron chi connectivity index (χ2n) is 5.59. The molecule has 0 aliphatic carbocycles. The summed E-state index contributed by atoms with van der Waals surface area (Å²) in [6.45, 7) is 3.81. The van der Waals surface area contributed by atoms with E-state index in [0.29, 0.717) is 20.7 Å². The molecule has 2 heterocycles. The van der Waals surface area contributed by atoms with E-state index in [4.69, 9.17) is 4.74 Å². The summed E-state index contributed by atoms with van der Waals surface area (Å²) in [6, 6.07) is 9.13. The maximum Gasteiger partial charge on any atom is 0.348 e. The zero-order valence-corrected chi connectivity index (χ0v) is 14.7. The third-order valence-electron chi connectivity index (χ3n) is 3.93. The van der Waals surface area contributed by atoms with Crippen molar-refractivity contribution in [2.45, 2.75) is 26.5 Å². The Labute approximate surface area is 148 Å². The number of fused-ring (bicyclic) bond motifs is 1. The van der Waals surface area contributed by atoms with Gasteiger partial charge in [0.05, 0.1) is 31.0 Å². The Kier molecular flexibility index (Phi) is 4.96. The van der Waals surface area contributed by atoms with Gasteiger partial charge in [-0.1, -0.05) is 30.3 Å². The fourth-order valence-electron chi connectivity index (χ4n) is 2.65. The van der Waals surface area contributed by atoms with Crippen LogP contribution < -0.4 is 5.56 Å². The van der Waals surface area contributed by atoms with Crippen LogP contribution in [0.4, 0.5) is 0 Å². The van der Waals surface area contributed by atoms with Crippen LogP contribution in [0.3, 0.4) is 0 Å². The molecule has 0 spiro atoms. The van der Waals surface area contributed by atoms with Gasteiger partial charge in [-0.05, 0) is 25.0 Å². The summed E-state index contributed by atoms with van der Waals surface area (Å²) in [6.07, 6.45) is 0.587. The van der Waals surface area contributed by atoms with Crippen LogP contribution in [-0.2, 0) is 11.3 Å². The normalized spacial score (nSPS) is 12.3. The first-order valence-electron chi connectivity index (χ1n) is 7.91. The van der Waals surface area contributed by atoms with Crippen molar-refractivity contribution in [1.82, 2.24) is 9.55 Å². The van der Waals surface area contributed by atoms with Gasteiger partial charge in [-0.2, -0.15) is 0 Å². The number of benzene rings is 1. The van der Waals surface area contributed by atoms with E-state index in [2.05, 4.69) is 4.98 Å². The van der Waals surface area contributed by atoms with E-state index in [1.807, 2.05) is 18.2 Å². The van der Waals surface area contributed by atoms with Gasteiger partial charge in [-0.25, -0.2) is 9.78 Å². The molecule has 1 N–H and O–H groups in total. The lowest BCUT2D eigenvalue weighted by Gasteiger charge is -2.12. The van der Waals surface area contributed by atoms with Crippen LogP contribution in [0.1, 0.15) is 33.8 Å². The van der Waals surface area contributed by atoms with Gasteiger partial charge in [0.1, 0.15) is 9.71 Å². The summed E-state index contributed by atoms with van der Waals surface area (Å²) in [5, 5.41) is 10.7. The summed E-state index contributed by atoms with van der Waals surface area (Å²) >= 11 is 1.15. The Morgan fingerprint density at radius 2 is 2.08 bits per heavy atom. The van der Waals surface area contributed by atoms with Crippen LogP contribution in [0, 0.1) is 6.92 Å². The van der Waals surface area contributed by atoms with E-state index in [-0.39, 0.29) is 18.7 Å². The number of ether oxygens (including phenoxy) is 1. The number of carbonyl (C=O) groups excluding carboxylic acids is 1. The van der Waals surface area contributed by atoms with Gasteiger partial charge in [0, 0.05) is 0 Å². The Balaban J connectivity index is 1.98. The van der Waals surface area contributed by atoms with Crippen LogP contribution >= 0.6 is 11.3 Å². The minimum Gasteiger partial charge on any atom is -0.462 e. The summed E-state index contributed by atoms with van der Waals surface area (Å²) in [4.78, 5) is 29.9. The molecule has 6 nitrogen and oxygen atoms in total. The maximum absolute atomic E-state index is 12.8. The fourth-order valence-corrected chi connectivity index (χ4v) is 3.68. The lowest BCUT2D eigenvalue weighted by molar-refractivity contribution is 0.0531. The molecule has 0 bridgehead atoms. The third-order valence-corrected chi connectivity index (χ3v) is 5.11. The number of hydrogen-bond donors (Lipinski definition) is 1. The second-order valence-corrected chi connectivity index (χ2v) is 6.58. The first-order valence-corrected chi connectivity index (χ1v) is 8.73.